The molecule has 0 spiro atoms. The molecule has 2 aromatic rings. The second-order valence-electron chi connectivity index (χ2n) is 5.42. The summed E-state index contributed by atoms with van der Waals surface area (Å²) in [5.41, 5.74) is 3.77. The van der Waals surface area contributed by atoms with Gasteiger partial charge in [-0.1, -0.05) is 12.1 Å². The fourth-order valence-electron chi connectivity index (χ4n) is 2.89. The Morgan fingerprint density at radius 3 is 2.90 bits per heavy atom. The Kier molecular flexibility index (Phi) is 3.70. The SMILES string of the molecule is Cn1ncc2c1CCCC2NCc1ccc([N+](=O)[O-])cc1. The van der Waals surface area contributed by atoms with Gasteiger partial charge in [0, 0.05) is 43.0 Å². The van der Waals surface area contributed by atoms with Gasteiger partial charge in [-0.25, -0.2) is 0 Å². The van der Waals surface area contributed by atoms with Crippen LogP contribution in [0.5, 0.6) is 0 Å². The molecule has 1 aliphatic rings. The number of aromatic nitrogens is 2. The molecule has 6 nitrogen and oxygen atoms in total. The van der Waals surface area contributed by atoms with Crippen LogP contribution < -0.4 is 5.32 Å². The zero-order valence-corrected chi connectivity index (χ0v) is 12.0. The monoisotopic (exact) mass is 286 g/mol. The minimum atomic E-state index is -0.375. The summed E-state index contributed by atoms with van der Waals surface area (Å²) in [6, 6.07) is 7.02. The third-order valence-electron chi connectivity index (χ3n) is 4.08. The van der Waals surface area contributed by atoms with Gasteiger partial charge in [-0.05, 0) is 24.8 Å². The summed E-state index contributed by atoms with van der Waals surface area (Å²) in [6.45, 7) is 0.705. The number of rotatable bonds is 4. The van der Waals surface area contributed by atoms with E-state index in [1.54, 1.807) is 24.3 Å². The first-order valence-corrected chi connectivity index (χ1v) is 7.12. The number of non-ortho nitro benzene ring substituents is 1. The molecule has 1 atom stereocenters. The van der Waals surface area contributed by atoms with Crippen molar-refractivity contribution in [2.24, 2.45) is 7.05 Å². The van der Waals surface area contributed by atoms with Crippen molar-refractivity contribution in [1.82, 2.24) is 15.1 Å². The molecule has 0 aliphatic heterocycles. The highest BCUT2D eigenvalue weighted by Gasteiger charge is 2.22. The van der Waals surface area contributed by atoms with Crippen LogP contribution in [-0.2, 0) is 20.0 Å². The van der Waals surface area contributed by atoms with Crippen LogP contribution >= 0.6 is 0 Å². The number of hydrogen-bond acceptors (Lipinski definition) is 4. The Morgan fingerprint density at radius 2 is 2.19 bits per heavy atom. The zero-order valence-electron chi connectivity index (χ0n) is 12.0. The van der Waals surface area contributed by atoms with Crippen molar-refractivity contribution in [2.75, 3.05) is 0 Å². The third kappa shape index (κ3) is 2.80. The number of hydrogen-bond donors (Lipinski definition) is 1. The first-order chi connectivity index (χ1) is 10.1. The normalized spacial score (nSPS) is 17.5. The molecule has 0 radical (unpaired) electrons. The molecule has 3 rings (SSSR count). The lowest BCUT2D eigenvalue weighted by atomic mass is 9.93. The van der Waals surface area contributed by atoms with Crippen LogP contribution in [0, 0.1) is 10.1 Å². The predicted molar refractivity (Wildman–Crippen MR) is 78.8 cm³/mol. The van der Waals surface area contributed by atoms with E-state index in [0.717, 1.165) is 24.8 Å². The van der Waals surface area contributed by atoms with Gasteiger partial charge in [0.25, 0.3) is 5.69 Å². The summed E-state index contributed by atoms with van der Waals surface area (Å²) in [7, 11) is 1.98. The summed E-state index contributed by atoms with van der Waals surface area (Å²) < 4.78 is 1.95. The lowest BCUT2D eigenvalue weighted by Gasteiger charge is -2.24. The van der Waals surface area contributed by atoms with E-state index in [-0.39, 0.29) is 10.6 Å². The first-order valence-electron chi connectivity index (χ1n) is 7.12. The molecule has 110 valence electrons. The number of nitrogens with one attached hydrogen (secondary N) is 1. The average molecular weight is 286 g/mol. The van der Waals surface area contributed by atoms with E-state index in [0.29, 0.717) is 12.6 Å². The van der Waals surface area contributed by atoms with Crippen LogP contribution in [0.1, 0.15) is 35.7 Å². The fourth-order valence-corrected chi connectivity index (χ4v) is 2.89. The first kappa shape index (κ1) is 13.8. The second-order valence-corrected chi connectivity index (χ2v) is 5.42. The Labute approximate surface area is 122 Å². The van der Waals surface area contributed by atoms with Crippen molar-refractivity contribution < 1.29 is 4.92 Å². The Bertz CT molecular complexity index is 648. The predicted octanol–water partition coefficient (Wildman–Crippen LogP) is 2.50. The van der Waals surface area contributed by atoms with E-state index >= 15 is 0 Å². The quantitative estimate of drug-likeness (QED) is 0.692. The molecule has 1 aromatic carbocycles. The average Bonchev–Trinajstić information content (AvgIpc) is 2.88. The molecule has 0 saturated carbocycles. The minimum Gasteiger partial charge on any atom is -0.306 e. The van der Waals surface area contributed by atoms with E-state index in [1.807, 2.05) is 17.9 Å². The number of aryl methyl sites for hydroxylation is 1. The molecule has 21 heavy (non-hydrogen) atoms. The summed E-state index contributed by atoms with van der Waals surface area (Å²) in [5, 5.41) is 18.5. The van der Waals surface area contributed by atoms with E-state index < -0.39 is 0 Å². The number of nitro benzene ring substituents is 1. The van der Waals surface area contributed by atoms with Gasteiger partial charge in [-0.3, -0.25) is 14.8 Å². The number of nitrogens with zero attached hydrogens (tertiary/aromatic N) is 3. The van der Waals surface area contributed by atoms with Gasteiger partial charge in [0.2, 0.25) is 0 Å². The van der Waals surface area contributed by atoms with Gasteiger partial charge in [-0.15, -0.1) is 0 Å². The maximum Gasteiger partial charge on any atom is 0.269 e. The lowest BCUT2D eigenvalue weighted by molar-refractivity contribution is -0.384. The smallest absolute Gasteiger partial charge is 0.269 e. The highest BCUT2D eigenvalue weighted by Crippen LogP contribution is 2.29. The largest absolute Gasteiger partial charge is 0.306 e. The Balaban J connectivity index is 1.67. The molecular weight excluding hydrogens is 268 g/mol. The maximum absolute atomic E-state index is 10.6. The van der Waals surface area contributed by atoms with Gasteiger partial charge in [0.05, 0.1) is 11.1 Å². The summed E-state index contributed by atoms with van der Waals surface area (Å²) >= 11 is 0. The highest BCUT2D eigenvalue weighted by atomic mass is 16.6. The molecule has 1 aliphatic carbocycles. The lowest BCUT2D eigenvalue weighted by Crippen LogP contribution is -2.24. The van der Waals surface area contributed by atoms with Crippen molar-refractivity contribution in [2.45, 2.75) is 31.8 Å². The second kappa shape index (κ2) is 5.65. The van der Waals surface area contributed by atoms with Crippen LogP contribution in [0.15, 0.2) is 30.5 Å². The molecule has 1 N–H and O–H groups in total. The van der Waals surface area contributed by atoms with Crippen LogP contribution in [0.3, 0.4) is 0 Å². The van der Waals surface area contributed by atoms with E-state index in [9.17, 15) is 10.1 Å². The van der Waals surface area contributed by atoms with Gasteiger partial charge in [0.1, 0.15) is 0 Å². The maximum atomic E-state index is 10.6. The van der Waals surface area contributed by atoms with E-state index in [1.165, 1.54) is 11.3 Å². The number of benzene rings is 1. The molecule has 6 heteroatoms. The molecule has 1 unspecified atom stereocenters. The minimum absolute atomic E-state index is 0.131. The highest BCUT2D eigenvalue weighted by molar-refractivity contribution is 5.33. The van der Waals surface area contributed by atoms with Gasteiger partial charge < -0.3 is 5.32 Å². The standard InChI is InChI=1S/C15H18N4O2/c1-18-15-4-2-3-14(13(15)10-17-18)16-9-11-5-7-12(8-6-11)19(20)21/h5-8,10,14,16H,2-4,9H2,1H3. The number of fused-ring (bicyclic) bond motifs is 1. The zero-order chi connectivity index (χ0) is 14.8. The number of nitro groups is 1. The fraction of sp³-hybridized carbons (Fsp3) is 0.400. The Hall–Kier alpha value is -2.21. The topological polar surface area (TPSA) is 73.0 Å². The van der Waals surface area contributed by atoms with Crippen LogP contribution in [-0.4, -0.2) is 14.7 Å². The molecule has 0 saturated heterocycles. The molecule has 0 amide bonds. The summed E-state index contributed by atoms with van der Waals surface area (Å²) in [4.78, 5) is 10.3. The molecule has 1 aromatic heterocycles. The van der Waals surface area contributed by atoms with Crippen molar-refractivity contribution in [3.63, 3.8) is 0 Å². The van der Waals surface area contributed by atoms with E-state index in [4.69, 9.17) is 0 Å². The molecule has 0 bridgehead atoms. The van der Waals surface area contributed by atoms with Crippen LogP contribution in [0.4, 0.5) is 5.69 Å². The van der Waals surface area contributed by atoms with Gasteiger partial charge in [-0.2, -0.15) is 5.10 Å². The van der Waals surface area contributed by atoms with Crippen molar-refractivity contribution in [1.29, 1.82) is 0 Å². The summed E-state index contributed by atoms with van der Waals surface area (Å²) in [6.07, 6.45) is 5.29. The molecular formula is C15H18N4O2. The molecule has 0 fully saturated rings. The molecule has 1 heterocycles. The van der Waals surface area contributed by atoms with Crippen LogP contribution in [0.25, 0.3) is 0 Å². The Morgan fingerprint density at radius 1 is 1.43 bits per heavy atom. The third-order valence-corrected chi connectivity index (χ3v) is 4.08. The van der Waals surface area contributed by atoms with Gasteiger partial charge in [0.15, 0.2) is 0 Å². The van der Waals surface area contributed by atoms with Gasteiger partial charge >= 0.3 is 0 Å². The van der Waals surface area contributed by atoms with E-state index in [2.05, 4.69) is 10.4 Å². The van der Waals surface area contributed by atoms with Crippen molar-refractivity contribution >= 4 is 5.69 Å². The van der Waals surface area contributed by atoms with Crippen LogP contribution in [0.2, 0.25) is 0 Å². The summed E-state index contributed by atoms with van der Waals surface area (Å²) in [5.74, 6) is 0. The van der Waals surface area contributed by atoms with Crippen molar-refractivity contribution in [3.05, 3.63) is 57.4 Å². The van der Waals surface area contributed by atoms with Crippen molar-refractivity contribution in [3.8, 4) is 0 Å².